The topological polar surface area (TPSA) is 9.23 Å². The summed E-state index contributed by atoms with van der Waals surface area (Å²) in [4.78, 5) is 0. The molecular formula is C14H10ClF3O. The number of methoxy groups -OCH3 is 1. The predicted octanol–water partition coefficient (Wildman–Crippen LogP) is 5.03. The fourth-order valence-electron chi connectivity index (χ4n) is 1.69. The third kappa shape index (κ3) is 3.01. The highest BCUT2D eigenvalue weighted by Gasteiger charge is 2.29. The van der Waals surface area contributed by atoms with Gasteiger partial charge in [-0.2, -0.15) is 13.2 Å². The number of halogens is 4. The zero-order valence-electron chi connectivity index (χ0n) is 9.96. The number of benzene rings is 2. The van der Waals surface area contributed by atoms with Crippen molar-refractivity contribution in [1.82, 2.24) is 0 Å². The molecule has 0 heterocycles. The fraction of sp³-hybridized carbons (Fsp3) is 0.143. The van der Waals surface area contributed by atoms with Crippen molar-refractivity contribution in [2.45, 2.75) is 6.18 Å². The van der Waals surface area contributed by atoms with Gasteiger partial charge in [0.1, 0.15) is 5.75 Å². The lowest BCUT2D eigenvalue weighted by molar-refractivity contribution is -0.137. The Bertz CT molecular complexity index is 576. The molecule has 0 radical (unpaired) electrons. The lowest BCUT2D eigenvalue weighted by Crippen LogP contribution is -2.03. The van der Waals surface area contributed by atoms with Gasteiger partial charge >= 0.3 is 6.18 Å². The van der Waals surface area contributed by atoms with Gasteiger partial charge in [0.15, 0.2) is 0 Å². The van der Waals surface area contributed by atoms with E-state index in [1.165, 1.54) is 19.2 Å². The van der Waals surface area contributed by atoms with E-state index in [9.17, 15) is 13.2 Å². The first-order valence-corrected chi connectivity index (χ1v) is 5.81. The van der Waals surface area contributed by atoms with Gasteiger partial charge in [0.25, 0.3) is 0 Å². The molecule has 0 aliphatic heterocycles. The summed E-state index contributed by atoms with van der Waals surface area (Å²) < 4.78 is 42.4. The van der Waals surface area contributed by atoms with Gasteiger partial charge in [0.05, 0.1) is 17.7 Å². The molecule has 0 fully saturated rings. The monoisotopic (exact) mass is 286 g/mol. The molecule has 1 nitrogen and oxygen atoms in total. The van der Waals surface area contributed by atoms with Crippen LogP contribution in [-0.2, 0) is 6.18 Å². The molecule has 0 saturated heterocycles. The fourth-order valence-corrected chi connectivity index (χ4v) is 1.89. The van der Waals surface area contributed by atoms with Crippen molar-refractivity contribution in [3.63, 3.8) is 0 Å². The van der Waals surface area contributed by atoms with Crippen LogP contribution in [0.3, 0.4) is 0 Å². The lowest BCUT2D eigenvalue weighted by Gasteiger charge is -2.09. The van der Waals surface area contributed by atoms with Gasteiger partial charge in [-0.15, -0.1) is 0 Å². The van der Waals surface area contributed by atoms with E-state index in [0.29, 0.717) is 16.3 Å². The Kier molecular flexibility index (Phi) is 3.71. The highest BCUT2D eigenvalue weighted by molar-refractivity contribution is 6.32. The van der Waals surface area contributed by atoms with Crippen molar-refractivity contribution in [1.29, 1.82) is 0 Å². The van der Waals surface area contributed by atoms with Crippen LogP contribution in [0, 0.1) is 0 Å². The van der Waals surface area contributed by atoms with Crippen LogP contribution < -0.4 is 4.74 Å². The van der Waals surface area contributed by atoms with Crippen LogP contribution in [0.4, 0.5) is 13.2 Å². The Morgan fingerprint density at radius 1 is 0.947 bits per heavy atom. The van der Waals surface area contributed by atoms with Crippen molar-refractivity contribution in [3.05, 3.63) is 53.1 Å². The second-order valence-electron chi connectivity index (χ2n) is 3.92. The standard InChI is InChI=1S/C14H10ClF3O/c1-19-13-8-10(4-7-12(13)15)9-2-5-11(6-3-9)14(16,17)18/h2-8H,1H3. The molecule has 0 bridgehead atoms. The summed E-state index contributed by atoms with van der Waals surface area (Å²) in [7, 11) is 1.48. The lowest BCUT2D eigenvalue weighted by atomic mass is 10.0. The highest BCUT2D eigenvalue weighted by atomic mass is 35.5. The summed E-state index contributed by atoms with van der Waals surface area (Å²) in [6.45, 7) is 0. The van der Waals surface area contributed by atoms with Crippen molar-refractivity contribution in [2.75, 3.05) is 7.11 Å². The number of alkyl halides is 3. The summed E-state index contributed by atoms with van der Waals surface area (Å²) in [5.41, 5.74) is 0.745. The van der Waals surface area contributed by atoms with Crippen LogP contribution >= 0.6 is 11.6 Å². The zero-order chi connectivity index (χ0) is 14.0. The number of ether oxygens (including phenoxy) is 1. The second kappa shape index (κ2) is 5.13. The van der Waals surface area contributed by atoms with Crippen molar-refractivity contribution in [2.24, 2.45) is 0 Å². The van der Waals surface area contributed by atoms with Crippen molar-refractivity contribution >= 4 is 11.6 Å². The number of hydrogen-bond donors (Lipinski definition) is 0. The quantitative estimate of drug-likeness (QED) is 0.752. The molecule has 0 spiro atoms. The average Bonchev–Trinajstić information content (AvgIpc) is 2.38. The van der Waals surface area contributed by atoms with Crippen LogP contribution in [0.2, 0.25) is 5.02 Å². The van der Waals surface area contributed by atoms with Crippen molar-refractivity contribution in [3.8, 4) is 16.9 Å². The van der Waals surface area contributed by atoms with E-state index in [2.05, 4.69) is 0 Å². The number of rotatable bonds is 2. The number of hydrogen-bond acceptors (Lipinski definition) is 1. The molecule has 19 heavy (non-hydrogen) atoms. The molecule has 0 saturated carbocycles. The molecule has 100 valence electrons. The highest BCUT2D eigenvalue weighted by Crippen LogP contribution is 2.33. The maximum atomic E-state index is 12.5. The predicted molar refractivity (Wildman–Crippen MR) is 68.4 cm³/mol. The molecule has 0 unspecified atom stereocenters. The van der Waals surface area contributed by atoms with Gasteiger partial charge in [-0.3, -0.25) is 0 Å². The van der Waals surface area contributed by atoms with Crippen molar-refractivity contribution < 1.29 is 17.9 Å². The first-order chi connectivity index (χ1) is 8.91. The summed E-state index contributed by atoms with van der Waals surface area (Å²) in [5, 5.41) is 0.457. The molecule has 2 aromatic carbocycles. The molecule has 0 atom stereocenters. The summed E-state index contributed by atoms with van der Waals surface area (Å²) in [5.74, 6) is 0.485. The molecule has 0 aliphatic rings. The van der Waals surface area contributed by atoms with E-state index in [1.807, 2.05) is 0 Å². The third-order valence-electron chi connectivity index (χ3n) is 2.70. The van der Waals surface area contributed by atoms with Crippen LogP contribution in [0.5, 0.6) is 5.75 Å². The normalized spacial score (nSPS) is 11.4. The van der Waals surface area contributed by atoms with Gasteiger partial charge in [-0.1, -0.05) is 29.8 Å². The van der Waals surface area contributed by atoms with E-state index < -0.39 is 11.7 Å². The summed E-state index contributed by atoms with van der Waals surface area (Å²) in [6, 6.07) is 10.0. The van der Waals surface area contributed by atoms with Gasteiger partial charge in [-0.25, -0.2) is 0 Å². The van der Waals surface area contributed by atoms with Gasteiger partial charge in [0, 0.05) is 0 Å². The summed E-state index contributed by atoms with van der Waals surface area (Å²) >= 11 is 5.90. The minimum absolute atomic E-state index is 0.457. The maximum Gasteiger partial charge on any atom is 0.416 e. The first-order valence-electron chi connectivity index (χ1n) is 5.43. The Balaban J connectivity index is 2.37. The van der Waals surface area contributed by atoms with E-state index in [-0.39, 0.29) is 0 Å². The zero-order valence-corrected chi connectivity index (χ0v) is 10.7. The van der Waals surface area contributed by atoms with E-state index >= 15 is 0 Å². The maximum absolute atomic E-state index is 12.5. The Morgan fingerprint density at radius 3 is 2.05 bits per heavy atom. The largest absolute Gasteiger partial charge is 0.495 e. The molecule has 0 aromatic heterocycles. The second-order valence-corrected chi connectivity index (χ2v) is 4.33. The van der Waals surface area contributed by atoms with E-state index in [1.54, 1.807) is 18.2 Å². The van der Waals surface area contributed by atoms with Crippen LogP contribution in [0.1, 0.15) is 5.56 Å². The molecule has 5 heteroatoms. The Labute approximate surface area is 113 Å². The van der Waals surface area contributed by atoms with E-state index in [4.69, 9.17) is 16.3 Å². The molecular weight excluding hydrogens is 277 g/mol. The van der Waals surface area contributed by atoms with Crippen LogP contribution in [0.25, 0.3) is 11.1 Å². The third-order valence-corrected chi connectivity index (χ3v) is 3.01. The Hall–Kier alpha value is -1.68. The van der Waals surface area contributed by atoms with Gasteiger partial charge in [-0.05, 0) is 35.4 Å². The smallest absolute Gasteiger partial charge is 0.416 e. The minimum Gasteiger partial charge on any atom is -0.495 e. The first kappa shape index (κ1) is 13.7. The van der Waals surface area contributed by atoms with Gasteiger partial charge < -0.3 is 4.74 Å². The van der Waals surface area contributed by atoms with E-state index in [0.717, 1.165) is 17.7 Å². The molecule has 0 N–H and O–H groups in total. The van der Waals surface area contributed by atoms with Crippen LogP contribution in [0.15, 0.2) is 42.5 Å². The van der Waals surface area contributed by atoms with Crippen LogP contribution in [-0.4, -0.2) is 7.11 Å². The Morgan fingerprint density at radius 2 is 1.53 bits per heavy atom. The minimum atomic E-state index is -4.32. The summed E-state index contributed by atoms with van der Waals surface area (Å²) in [6.07, 6.45) is -4.32. The molecule has 2 aromatic rings. The average molecular weight is 287 g/mol. The van der Waals surface area contributed by atoms with Gasteiger partial charge in [0.2, 0.25) is 0 Å². The molecule has 0 aliphatic carbocycles. The molecule has 2 rings (SSSR count). The molecule has 0 amide bonds. The SMILES string of the molecule is COc1cc(-c2ccc(C(F)(F)F)cc2)ccc1Cl.